The van der Waals surface area contributed by atoms with Gasteiger partial charge in [0.15, 0.2) is 0 Å². The quantitative estimate of drug-likeness (QED) is 0.802. The number of hydrogen-bond acceptors (Lipinski definition) is 5. The van der Waals surface area contributed by atoms with Crippen LogP contribution >= 0.6 is 0 Å². The van der Waals surface area contributed by atoms with Gasteiger partial charge in [0, 0.05) is 6.07 Å². The molecule has 1 heterocycles. The smallest absolute Gasteiger partial charge is 0.481 e. The summed E-state index contributed by atoms with van der Waals surface area (Å²) in [4.78, 5) is 3.29. The first-order valence-corrected chi connectivity index (χ1v) is 6.49. The van der Waals surface area contributed by atoms with Crippen molar-refractivity contribution in [1.82, 2.24) is 4.98 Å². The van der Waals surface area contributed by atoms with Gasteiger partial charge in [-0.25, -0.2) is 4.98 Å². The first-order chi connectivity index (χ1) is 9.78. The van der Waals surface area contributed by atoms with Crippen molar-refractivity contribution in [2.24, 2.45) is 0 Å². The fourth-order valence-electron chi connectivity index (χ4n) is 1.41. The van der Waals surface area contributed by atoms with Crippen molar-refractivity contribution in [3.63, 3.8) is 0 Å². The van der Waals surface area contributed by atoms with Crippen LogP contribution in [0.2, 0.25) is 0 Å². The minimum absolute atomic E-state index is 0.170. The standard InChI is InChI=1S/C13H19BF3NO4/c1-11(2,19)12(3,4)22-14(20)8-6-9(13(15,16)17)18-10(7-8)21-5/h6-7,19-20H,1-5H3. The first-order valence-electron chi connectivity index (χ1n) is 6.49. The van der Waals surface area contributed by atoms with Gasteiger partial charge in [-0.05, 0) is 39.2 Å². The highest BCUT2D eigenvalue weighted by molar-refractivity contribution is 6.60. The normalized spacial score (nSPS) is 13.2. The van der Waals surface area contributed by atoms with E-state index >= 15 is 0 Å². The summed E-state index contributed by atoms with van der Waals surface area (Å²) in [5.41, 5.74) is -3.90. The summed E-state index contributed by atoms with van der Waals surface area (Å²) in [6.45, 7) is 5.96. The molecule has 0 saturated heterocycles. The molecule has 0 aliphatic rings. The van der Waals surface area contributed by atoms with Gasteiger partial charge in [0.25, 0.3) is 0 Å². The minimum Gasteiger partial charge on any atom is -0.481 e. The molecule has 0 aliphatic carbocycles. The molecule has 0 aliphatic heterocycles. The number of aromatic nitrogens is 1. The van der Waals surface area contributed by atoms with Crippen LogP contribution in [0.5, 0.6) is 5.88 Å². The van der Waals surface area contributed by atoms with Crippen molar-refractivity contribution < 1.29 is 32.7 Å². The second-order valence-corrected chi connectivity index (χ2v) is 5.87. The number of ether oxygens (including phenoxy) is 1. The number of halogens is 3. The molecule has 1 aromatic rings. The van der Waals surface area contributed by atoms with E-state index in [0.29, 0.717) is 6.07 Å². The predicted octanol–water partition coefficient (Wildman–Crippen LogP) is 1.36. The molecule has 1 rings (SSSR count). The molecule has 0 aromatic carbocycles. The number of rotatable bonds is 5. The molecule has 0 bridgehead atoms. The molecule has 0 fully saturated rings. The van der Waals surface area contributed by atoms with Crippen LogP contribution in [0.3, 0.4) is 0 Å². The molecule has 0 unspecified atom stereocenters. The Labute approximate surface area is 127 Å². The fraction of sp³-hybridized carbons (Fsp3) is 0.615. The number of hydrogen-bond donors (Lipinski definition) is 2. The van der Waals surface area contributed by atoms with E-state index in [0.717, 1.165) is 6.07 Å². The topological polar surface area (TPSA) is 71.8 Å². The van der Waals surface area contributed by atoms with Gasteiger partial charge in [-0.15, -0.1) is 0 Å². The zero-order chi connectivity index (χ0) is 17.3. The molecule has 2 N–H and O–H groups in total. The van der Waals surface area contributed by atoms with Crippen molar-refractivity contribution >= 4 is 12.6 Å². The van der Waals surface area contributed by atoms with Crippen molar-refractivity contribution in [1.29, 1.82) is 0 Å². The van der Waals surface area contributed by atoms with Crippen molar-refractivity contribution in [3.8, 4) is 5.88 Å². The second-order valence-electron chi connectivity index (χ2n) is 5.87. The molecule has 22 heavy (non-hydrogen) atoms. The maximum absolute atomic E-state index is 12.8. The van der Waals surface area contributed by atoms with Crippen LogP contribution in [0.15, 0.2) is 12.1 Å². The Balaban J connectivity index is 3.15. The Kier molecular flexibility index (Phi) is 5.16. The second kappa shape index (κ2) is 6.06. The van der Waals surface area contributed by atoms with Crippen LogP contribution in [-0.2, 0) is 10.8 Å². The van der Waals surface area contributed by atoms with Crippen LogP contribution in [0.1, 0.15) is 33.4 Å². The maximum atomic E-state index is 12.8. The lowest BCUT2D eigenvalue weighted by atomic mass is 9.76. The molecular weight excluding hydrogens is 302 g/mol. The lowest BCUT2D eigenvalue weighted by molar-refractivity contribution is -0.141. The summed E-state index contributed by atoms with van der Waals surface area (Å²) in [5, 5.41) is 20.0. The summed E-state index contributed by atoms with van der Waals surface area (Å²) in [6.07, 6.45) is -4.69. The van der Waals surface area contributed by atoms with Crippen LogP contribution in [0, 0.1) is 0 Å². The monoisotopic (exact) mass is 321 g/mol. The van der Waals surface area contributed by atoms with E-state index < -0.39 is 30.2 Å². The Morgan fingerprint density at radius 1 is 1.14 bits per heavy atom. The third-order valence-corrected chi connectivity index (χ3v) is 3.49. The predicted molar refractivity (Wildman–Crippen MR) is 74.9 cm³/mol. The third-order valence-electron chi connectivity index (χ3n) is 3.49. The van der Waals surface area contributed by atoms with E-state index in [1.165, 1.54) is 34.8 Å². The number of pyridine rings is 1. The van der Waals surface area contributed by atoms with E-state index in [2.05, 4.69) is 4.98 Å². The molecule has 1 aromatic heterocycles. The van der Waals surface area contributed by atoms with Crippen LogP contribution in [-0.4, -0.2) is 40.5 Å². The molecule has 0 saturated carbocycles. The molecule has 0 amide bonds. The number of aliphatic hydroxyl groups is 1. The third kappa shape index (κ3) is 4.34. The lowest BCUT2D eigenvalue weighted by Crippen LogP contribution is -2.53. The Hall–Kier alpha value is -1.32. The summed E-state index contributed by atoms with van der Waals surface area (Å²) >= 11 is 0. The van der Waals surface area contributed by atoms with E-state index in [1.54, 1.807) is 0 Å². The molecule has 0 spiro atoms. The summed E-state index contributed by atoms with van der Waals surface area (Å²) in [5.74, 6) is -0.298. The number of alkyl halides is 3. The van der Waals surface area contributed by atoms with Gasteiger partial charge < -0.3 is 19.5 Å². The van der Waals surface area contributed by atoms with E-state index in [9.17, 15) is 23.3 Å². The highest BCUT2D eigenvalue weighted by atomic mass is 19.4. The van der Waals surface area contributed by atoms with E-state index in [4.69, 9.17) is 9.39 Å². The largest absolute Gasteiger partial charge is 0.491 e. The average molecular weight is 321 g/mol. The highest BCUT2D eigenvalue weighted by Crippen LogP contribution is 2.29. The summed E-state index contributed by atoms with van der Waals surface area (Å²) in [6, 6.07) is 1.81. The van der Waals surface area contributed by atoms with Gasteiger partial charge in [0.1, 0.15) is 5.69 Å². The lowest BCUT2D eigenvalue weighted by Gasteiger charge is -2.38. The minimum atomic E-state index is -4.69. The summed E-state index contributed by atoms with van der Waals surface area (Å²) < 4.78 is 48.4. The Morgan fingerprint density at radius 3 is 2.09 bits per heavy atom. The van der Waals surface area contributed by atoms with Crippen LogP contribution < -0.4 is 10.2 Å². The van der Waals surface area contributed by atoms with Gasteiger partial charge in [-0.1, -0.05) is 0 Å². The molecule has 5 nitrogen and oxygen atoms in total. The fourth-order valence-corrected chi connectivity index (χ4v) is 1.41. The van der Waals surface area contributed by atoms with Crippen LogP contribution in [0.4, 0.5) is 13.2 Å². The van der Waals surface area contributed by atoms with Gasteiger partial charge in [0.2, 0.25) is 5.88 Å². The zero-order valence-electron chi connectivity index (χ0n) is 13.0. The molecule has 0 atom stereocenters. The Bertz CT molecular complexity index is 529. The van der Waals surface area contributed by atoms with Crippen molar-refractivity contribution in [3.05, 3.63) is 17.8 Å². The van der Waals surface area contributed by atoms with Gasteiger partial charge in [-0.3, -0.25) is 0 Å². The Morgan fingerprint density at radius 2 is 1.68 bits per heavy atom. The van der Waals surface area contributed by atoms with E-state index in [-0.39, 0.29) is 11.3 Å². The van der Waals surface area contributed by atoms with Gasteiger partial charge in [-0.2, -0.15) is 13.2 Å². The number of nitrogens with zero attached hydrogens (tertiary/aromatic N) is 1. The van der Waals surface area contributed by atoms with Crippen molar-refractivity contribution in [2.75, 3.05) is 7.11 Å². The molecule has 9 heteroatoms. The maximum Gasteiger partial charge on any atom is 0.491 e. The van der Waals surface area contributed by atoms with Gasteiger partial charge in [0.05, 0.1) is 18.3 Å². The van der Waals surface area contributed by atoms with Crippen molar-refractivity contribution in [2.45, 2.75) is 45.1 Å². The van der Waals surface area contributed by atoms with Gasteiger partial charge >= 0.3 is 13.3 Å². The first kappa shape index (κ1) is 18.7. The van der Waals surface area contributed by atoms with E-state index in [1.807, 2.05) is 0 Å². The molecular formula is C13H19BF3NO4. The zero-order valence-corrected chi connectivity index (χ0v) is 13.0. The SMILES string of the molecule is COc1cc(B(O)OC(C)(C)C(C)(C)O)cc(C(F)(F)F)n1. The molecule has 124 valence electrons. The molecule has 0 radical (unpaired) electrons. The highest BCUT2D eigenvalue weighted by Gasteiger charge is 2.41. The van der Waals surface area contributed by atoms with Crippen LogP contribution in [0.25, 0.3) is 0 Å². The summed E-state index contributed by atoms with van der Waals surface area (Å²) in [7, 11) is -0.514. The number of methoxy groups -OCH3 is 1. The average Bonchev–Trinajstić information content (AvgIpc) is 2.35.